The lowest BCUT2D eigenvalue weighted by Crippen LogP contribution is -2.12. The summed E-state index contributed by atoms with van der Waals surface area (Å²) in [5.74, 6) is -0.288. The van der Waals surface area contributed by atoms with Crippen molar-refractivity contribution in [2.45, 2.75) is 0 Å². The highest BCUT2D eigenvalue weighted by molar-refractivity contribution is 9.10. The van der Waals surface area contributed by atoms with Crippen LogP contribution in [0.3, 0.4) is 0 Å². The second-order valence-corrected chi connectivity index (χ2v) is 5.51. The number of halogens is 3. The minimum absolute atomic E-state index is 0.288. The molecular formula is C13H9BrCl2N2O. The van der Waals surface area contributed by atoms with Crippen LogP contribution in [-0.2, 0) is 0 Å². The molecule has 0 unspecified atom stereocenters. The molecular weight excluding hydrogens is 351 g/mol. The van der Waals surface area contributed by atoms with Crippen LogP contribution >= 0.6 is 39.1 Å². The molecule has 2 aromatic carbocycles. The van der Waals surface area contributed by atoms with Gasteiger partial charge < -0.3 is 11.1 Å². The minimum Gasteiger partial charge on any atom is -0.398 e. The van der Waals surface area contributed by atoms with Gasteiger partial charge in [-0.25, -0.2) is 0 Å². The molecule has 0 aliphatic rings. The first-order chi connectivity index (χ1) is 8.97. The van der Waals surface area contributed by atoms with Gasteiger partial charge in [0.1, 0.15) is 0 Å². The summed E-state index contributed by atoms with van der Waals surface area (Å²) < 4.78 is 0.744. The minimum atomic E-state index is -0.288. The lowest BCUT2D eigenvalue weighted by atomic mass is 10.2. The van der Waals surface area contributed by atoms with E-state index in [-0.39, 0.29) is 5.91 Å². The van der Waals surface area contributed by atoms with E-state index >= 15 is 0 Å². The van der Waals surface area contributed by atoms with Crippen LogP contribution in [0, 0.1) is 0 Å². The second-order valence-electron chi connectivity index (χ2n) is 3.81. The van der Waals surface area contributed by atoms with E-state index < -0.39 is 0 Å². The van der Waals surface area contributed by atoms with Gasteiger partial charge in [-0.2, -0.15) is 0 Å². The smallest absolute Gasteiger partial charge is 0.255 e. The topological polar surface area (TPSA) is 55.1 Å². The average Bonchev–Trinajstić information content (AvgIpc) is 2.36. The molecule has 2 aromatic rings. The normalized spacial score (nSPS) is 10.3. The van der Waals surface area contributed by atoms with Gasteiger partial charge in [0.05, 0.1) is 10.7 Å². The number of amides is 1. The van der Waals surface area contributed by atoms with Crippen LogP contribution in [0.4, 0.5) is 11.4 Å². The highest BCUT2D eigenvalue weighted by Gasteiger charge is 2.10. The number of nitrogen functional groups attached to an aromatic ring is 1. The van der Waals surface area contributed by atoms with Crippen LogP contribution in [-0.4, -0.2) is 5.91 Å². The zero-order valence-corrected chi connectivity index (χ0v) is 12.7. The van der Waals surface area contributed by atoms with E-state index in [1.165, 1.54) is 0 Å². The van der Waals surface area contributed by atoms with E-state index in [1.807, 2.05) is 0 Å². The maximum absolute atomic E-state index is 12.0. The van der Waals surface area contributed by atoms with Gasteiger partial charge in [0.25, 0.3) is 5.91 Å². The van der Waals surface area contributed by atoms with Gasteiger partial charge in [0, 0.05) is 20.7 Å². The molecule has 0 bridgehead atoms. The molecule has 0 spiro atoms. The fourth-order valence-corrected chi connectivity index (χ4v) is 2.17. The zero-order valence-electron chi connectivity index (χ0n) is 9.58. The zero-order chi connectivity index (χ0) is 14.0. The molecule has 0 saturated carbocycles. The predicted molar refractivity (Wildman–Crippen MR) is 83.0 cm³/mol. The van der Waals surface area contributed by atoms with Crippen LogP contribution in [0.2, 0.25) is 10.0 Å². The van der Waals surface area contributed by atoms with Gasteiger partial charge in [-0.1, -0.05) is 23.2 Å². The van der Waals surface area contributed by atoms with Gasteiger partial charge in [-0.3, -0.25) is 4.79 Å². The first-order valence-corrected chi connectivity index (χ1v) is 6.83. The Hall–Kier alpha value is -1.23. The quantitative estimate of drug-likeness (QED) is 0.770. The maximum atomic E-state index is 12.0. The number of anilines is 2. The molecule has 0 aliphatic heterocycles. The van der Waals surface area contributed by atoms with Crippen molar-refractivity contribution in [1.29, 1.82) is 0 Å². The van der Waals surface area contributed by atoms with E-state index in [9.17, 15) is 4.79 Å². The van der Waals surface area contributed by atoms with E-state index in [4.69, 9.17) is 28.9 Å². The Bertz CT molecular complexity index is 647. The Morgan fingerprint density at radius 2 is 1.89 bits per heavy atom. The van der Waals surface area contributed by atoms with Gasteiger partial charge in [-0.15, -0.1) is 0 Å². The van der Waals surface area contributed by atoms with Crippen LogP contribution in [0.15, 0.2) is 40.9 Å². The summed E-state index contributed by atoms with van der Waals surface area (Å²) in [5.41, 5.74) is 7.17. The van der Waals surface area contributed by atoms with Crippen molar-refractivity contribution < 1.29 is 4.79 Å². The molecule has 0 heterocycles. The van der Waals surface area contributed by atoms with E-state index in [0.717, 1.165) is 4.47 Å². The lowest BCUT2D eigenvalue weighted by molar-refractivity contribution is 0.102. The van der Waals surface area contributed by atoms with Crippen molar-refractivity contribution >= 4 is 56.4 Å². The summed E-state index contributed by atoms with van der Waals surface area (Å²) in [5, 5.41) is 3.59. The lowest BCUT2D eigenvalue weighted by Gasteiger charge is -2.08. The van der Waals surface area contributed by atoms with Gasteiger partial charge in [-0.05, 0) is 52.3 Å². The molecule has 1 amide bonds. The number of carbonyl (C=O) groups is 1. The molecule has 0 radical (unpaired) electrons. The summed E-state index contributed by atoms with van der Waals surface area (Å²) >= 11 is 15.0. The summed E-state index contributed by atoms with van der Waals surface area (Å²) in [4.78, 5) is 12.0. The Kier molecular flexibility index (Phi) is 4.34. The number of benzene rings is 2. The molecule has 3 N–H and O–H groups in total. The van der Waals surface area contributed by atoms with Crippen molar-refractivity contribution in [3.63, 3.8) is 0 Å². The second kappa shape index (κ2) is 5.82. The molecule has 98 valence electrons. The molecule has 0 fully saturated rings. The molecule has 0 aromatic heterocycles. The van der Waals surface area contributed by atoms with Crippen LogP contribution in [0.5, 0.6) is 0 Å². The summed E-state index contributed by atoms with van der Waals surface area (Å²) in [6.07, 6.45) is 0. The largest absolute Gasteiger partial charge is 0.398 e. The molecule has 0 saturated heterocycles. The monoisotopic (exact) mass is 358 g/mol. The first kappa shape index (κ1) is 14.2. The van der Waals surface area contributed by atoms with Crippen LogP contribution in [0.1, 0.15) is 10.4 Å². The highest BCUT2D eigenvalue weighted by atomic mass is 79.9. The van der Waals surface area contributed by atoms with Gasteiger partial charge in [0.2, 0.25) is 0 Å². The molecule has 2 rings (SSSR count). The van der Waals surface area contributed by atoms with Gasteiger partial charge in [0.15, 0.2) is 0 Å². The highest BCUT2D eigenvalue weighted by Crippen LogP contribution is 2.26. The van der Waals surface area contributed by atoms with Crippen molar-refractivity contribution in [3.05, 3.63) is 56.5 Å². The molecule has 3 nitrogen and oxygen atoms in total. The maximum Gasteiger partial charge on any atom is 0.255 e. The Balaban J connectivity index is 2.23. The Labute approximate surface area is 128 Å². The third-order valence-electron chi connectivity index (χ3n) is 2.44. The van der Waals surface area contributed by atoms with E-state index in [0.29, 0.717) is 27.0 Å². The standard InChI is InChI=1S/C13H9BrCl2N2O/c14-9-3-1-7(5-11(9)17)13(19)18-12-4-2-8(15)6-10(12)16/h1-6H,17H2,(H,18,19). The average molecular weight is 360 g/mol. The number of nitrogens with two attached hydrogens (primary N) is 1. The van der Waals surface area contributed by atoms with Gasteiger partial charge >= 0.3 is 0 Å². The fourth-order valence-electron chi connectivity index (χ4n) is 1.47. The number of nitrogens with one attached hydrogen (secondary N) is 1. The number of hydrogen-bond acceptors (Lipinski definition) is 2. The third kappa shape index (κ3) is 3.41. The number of rotatable bonds is 2. The van der Waals surface area contributed by atoms with Crippen molar-refractivity contribution in [1.82, 2.24) is 0 Å². The van der Waals surface area contributed by atoms with E-state index in [2.05, 4.69) is 21.2 Å². The summed E-state index contributed by atoms with van der Waals surface area (Å²) in [6, 6.07) is 9.83. The van der Waals surface area contributed by atoms with Crippen LogP contribution < -0.4 is 11.1 Å². The summed E-state index contributed by atoms with van der Waals surface area (Å²) in [6.45, 7) is 0. The van der Waals surface area contributed by atoms with Crippen molar-refractivity contribution in [2.75, 3.05) is 11.1 Å². The Morgan fingerprint density at radius 3 is 2.53 bits per heavy atom. The predicted octanol–water partition coefficient (Wildman–Crippen LogP) is 4.59. The summed E-state index contributed by atoms with van der Waals surface area (Å²) in [7, 11) is 0. The molecule has 19 heavy (non-hydrogen) atoms. The van der Waals surface area contributed by atoms with Crippen molar-refractivity contribution in [2.24, 2.45) is 0 Å². The van der Waals surface area contributed by atoms with Crippen molar-refractivity contribution in [3.8, 4) is 0 Å². The molecule has 6 heteroatoms. The molecule has 0 aliphatic carbocycles. The van der Waals surface area contributed by atoms with E-state index in [1.54, 1.807) is 36.4 Å². The SMILES string of the molecule is Nc1cc(C(=O)Nc2ccc(Cl)cc2Cl)ccc1Br. The Morgan fingerprint density at radius 1 is 1.16 bits per heavy atom. The number of carbonyl (C=O) groups excluding carboxylic acids is 1. The fraction of sp³-hybridized carbons (Fsp3) is 0. The number of hydrogen-bond donors (Lipinski definition) is 2. The van der Waals surface area contributed by atoms with Crippen LogP contribution in [0.25, 0.3) is 0 Å². The molecule has 0 atom stereocenters. The third-order valence-corrected chi connectivity index (χ3v) is 3.71. The first-order valence-electron chi connectivity index (χ1n) is 5.29.